The van der Waals surface area contributed by atoms with Crippen molar-refractivity contribution in [2.45, 2.75) is 26.2 Å². The van der Waals surface area contributed by atoms with Gasteiger partial charge in [-0.3, -0.25) is 4.79 Å². The lowest BCUT2D eigenvalue weighted by molar-refractivity contribution is 0.205. The summed E-state index contributed by atoms with van der Waals surface area (Å²) in [5.74, 6) is 1.40. The van der Waals surface area contributed by atoms with Crippen LogP contribution in [0.2, 0.25) is 0 Å². The molecule has 0 saturated heterocycles. The van der Waals surface area contributed by atoms with Crippen molar-refractivity contribution in [2.75, 3.05) is 31.7 Å². The van der Waals surface area contributed by atoms with Gasteiger partial charge in [0.25, 0.3) is 5.56 Å². The van der Waals surface area contributed by atoms with Crippen molar-refractivity contribution in [3.8, 4) is 6.07 Å². The molecule has 1 rings (SSSR count). The maximum Gasteiger partial charge on any atom is 0.252 e. The molecule has 0 fully saturated rings. The lowest BCUT2D eigenvalue weighted by atomic mass is 10.2. The first-order valence-electron chi connectivity index (χ1n) is 6.30. The number of nitrogens with zero attached hydrogens (tertiary/aromatic N) is 3. The third-order valence-electron chi connectivity index (χ3n) is 2.68. The highest BCUT2D eigenvalue weighted by Crippen LogP contribution is 2.13. The molecule has 0 saturated carbocycles. The summed E-state index contributed by atoms with van der Waals surface area (Å²) in [6.45, 7) is 5.60. The topological polar surface area (TPSA) is 82.0 Å². The first kappa shape index (κ1) is 15.2. The average Bonchev–Trinajstić information content (AvgIpc) is 2.38. The van der Waals surface area contributed by atoms with E-state index in [4.69, 9.17) is 10.00 Å². The Balaban J connectivity index is 2.99. The van der Waals surface area contributed by atoms with E-state index in [0.717, 1.165) is 0 Å². The molecule has 104 valence electrons. The second kappa shape index (κ2) is 7.54. The standard InChI is InChI=1S/C13H20N4O2/c1-10(2)13-15-11(9-12(18)16-13)17(6-4-5-14)7-8-19-3/h9-10H,4,6-8H2,1-3H3,(H,15,16,18). The number of ether oxygens (including phenoxy) is 1. The van der Waals surface area contributed by atoms with E-state index >= 15 is 0 Å². The zero-order valence-corrected chi connectivity index (χ0v) is 11.6. The molecule has 0 unspecified atom stereocenters. The Bertz CT molecular complexity index is 490. The normalized spacial score (nSPS) is 10.5. The molecule has 0 aliphatic carbocycles. The van der Waals surface area contributed by atoms with E-state index in [1.54, 1.807) is 7.11 Å². The predicted octanol–water partition coefficient (Wildman–Crippen LogP) is 1.26. The number of H-pyrrole nitrogens is 1. The largest absolute Gasteiger partial charge is 0.383 e. The van der Waals surface area contributed by atoms with Crippen molar-refractivity contribution in [1.29, 1.82) is 5.26 Å². The third kappa shape index (κ3) is 4.72. The Morgan fingerprint density at radius 3 is 2.84 bits per heavy atom. The smallest absolute Gasteiger partial charge is 0.252 e. The summed E-state index contributed by atoms with van der Waals surface area (Å²) >= 11 is 0. The van der Waals surface area contributed by atoms with Crippen LogP contribution in [-0.4, -0.2) is 36.8 Å². The Hall–Kier alpha value is -1.87. The van der Waals surface area contributed by atoms with Gasteiger partial charge < -0.3 is 14.6 Å². The van der Waals surface area contributed by atoms with Gasteiger partial charge in [0, 0.05) is 32.2 Å². The lowest BCUT2D eigenvalue weighted by Crippen LogP contribution is -2.31. The zero-order valence-electron chi connectivity index (χ0n) is 11.6. The maximum absolute atomic E-state index is 11.6. The molecule has 0 bridgehead atoms. The van der Waals surface area contributed by atoms with Crippen molar-refractivity contribution in [1.82, 2.24) is 9.97 Å². The van der Waals surface area contributed by atoms with Crippen LogP contribution in [0.1, 0.15) is 32.0 Å². The van der Waals surface area contributed by atoms with E-state index in [2.05, 4.69) is 16.0 Å². The SMILES string of the molecule is COCCN(CCC#N)c1cc(=O)[nH]c(C(C)C)n1. The number of hydrogen-bond donors (Lipinski definition) is 1. The average molecular weight is 264 g/mol. The Morgan fingerprint density at radius 2 is 2.26 bits per heavy atom. The van der Waals surface area contributed by atoms with Crippen LogP contribution in [0.15, 0.2) is 10.9 Å². The van der Waals surface area contributed by atoms with Gasteiger partial charge >= 0.3 is 0 Å². The number of nitriles is 1. The fourth-order valence-electron chi connectivity index (χ4n) is 1.63. The molecule has 0 amide bonds. The van der Waals surface area contributed by atoms with Gasteiger partial charge in [-0.2, -0.15) is 5.26 Å². The highest BCUT2D eigenvalue weighted by atomic mass is 16.5. The van der Waals surface area contributed by atoms with Crippen molar-refractivity contribution in [3.63, 3.8) is 0 Å². The molecule has 6 heteroatoms. The summed E-state index contributed by atoms with van der Waals surface area (Å²) in [6.07, 6.45) is 0.384. The Morgan fingerprint density at radius 1 is 1.53 bits per heavy atom. The summed E-state index contributed by atoms with van der Waals surface area (Å²) in [7, 11) is 1.62. The maximum atomic E-state index is 11.6. The molecular formula is C13H20N4O2. The van der Waals surface area contributed by atoms with Crippen LogP contribution in [-0.2, 0) is 4.74 Å². The van der Waals surface area contributed by atoms with Crippen molar-refractivity contribution in [2.24, 2.45) is 0 Å². The molecule has 1 N–H and O–H groups in total. The summed E-state index contributed by atoms with van der Waals surface area (Å²) < 4.78 is 5.04. The number of hydrogen-bond acceptors (Lipinski definition) is 5. The first-order chi connectivity index (χ1) is 9.08. The van der Waals surface area contributed by atoms with E-state index < -0.39 is 0 Å². The van der Waals surface area contributed by atoms with Crippen molar-refractivity contribution < 1.29 is 4.74 Å². The van der Waals surface area contributed by atoms with Crippen LogP contribution in [0.4, 0.5) is 5.82 Å². The molecule has 19 heavy (non-hydrogen) atoms. The number of anilines is 1. The van der Waals surface area contributed by atoms with Crippen LogP contribution in [0.25, 0.3) is 0 Å². The van der Waals surface area contributed by atoms with Crippen molar-refractivity contribution in [3.05, 3.63) is 22.2 Å². The highest BCUT2D eigenvalue weighted by molar-refractivity contribution is 5.37. The number of aromatic nitrogens is 2. The van der Waals surface area contributed by atoms with Gasteiger partial charge in [0.1, 0.15) is 11.6 Å². The Kier molecular flexibility index (Phi) is 6.03. The predicted molar refractivity (Wildman–Crippen MR) is 73.3 cm³/mol. The molecule has 0 radical (unpaired) electrons. The van der Waals surface area contributed by atoms with Gasteiger partial charge in [0.05, 0.1) is 19.1 Å². The summed E-state index contributed by atoms with van der Waals surface area (Å²) in [4.78, 5) is 20.7. The minimum atomic E-state index is -0.173. The number of rotatable bonds is 7. The number of aromatic amines is 1. The minimum Gasteiger partial charge on any atom is -0.383 e. The fraction of sp³-hybridized carbons (Fsp3) is 0.615. The third-order valence-corrected chi connectivity index (χ3v) is 2.68. The van der Waals surface area contributed by atoms with Crippen LogP contribution in [0.3, 0.4) is 0 Å². The summed E-state index contributed by atoms with van der Waals surface area (Å²) in [6, 6.07) is 3.56. The van der Waals surface area contributed by atoms with Gasteiger partial charge in [0.2, 0.25) is 0 Å². The second-order valence-electron chi connectivity index (χ2n) is 4.53. The van der Waals surface area contributed by atoms with E-state index in [9.17, 15) is 4.79 Å². The van der Waals surface area contributed by atoms with Crippen LogP contribution >= 0.6 is 0 Å². The van der Waals surface area contributed by atoms with E-state index in [1.807, 2.05) is 18.7 Å². The Labute approximate surface area is 113 Å². The number of methoxy groups -OCH3 is 1. The molecular weight excluding hydrogens is 244 g/mol. The lowest BCUT2D eigenvalue weighted by Gasteiger charge is -2.22. The molecule has 0 atom stereocenters. The molecule has 0 aromatic carbocycles. The number of nitrogens with one attached hydrogen (secondary N) is 1. The van der Waals surface area contributed by atoms with Gasteiger partial charge in [-0.15, -0.1) is 0 Å². The van der Waals surface area contributed by atoms with Gasteiger partial charge in [-0.25, -0.2) is 4.98 Å². The summed E-state index contributed by atoms with van der Waals surface area (Å²) in [5.41, 5.74) is -0.173. The van der Waals surface area contributed by atoms with Gasteiger partial charge in [-0.1, -0.05) is 13.8 Å². The highest BCUT2D eigenvalue weighted by Gasteiger charge is 2.11. The molecule has 1 heterocycles. The molecule has 1 aromatic heterocycles. The molecule has 0 aliphatic heterocycles. The van der Waals surface area contributed by atoms with Crippen LogP contribution in [0.5, 0.6) is 0 Å². The van der Waals surface area contributed by atoms with Crippen LogP contribution in [0, 0.1) is 11.3 Å². The van der Waals surface area contributed by atoms with E-state index in [1.165, 1.54) is 6.07 Å². The molecule has 0 spiro atoms. The minimum absolute atomic E-state index is 0.146. The van der Waals surface area contributed by atoms with Crippen LogP contribution < -0.4 is 10.5 Å². The van der Waals surface area contributed by atoms with E-state index in [0.29, 0.717) is 37.8 Å². The monoisotopic (exact) mass is 264 g/mol. The molecule has 1 aromatic rings. The first-order valence-corrected chi connectivity index (χ1v) is 6.30. The van der Waals surface area contributed by atoms with Crippen molar-refractivity contribution >= 4 is 5.82 Å². The van der Waals surface area contributed by atoms with Gasteiger partial charge in [0.15, 0.2) is 0 Å². The molecule has 6 nitrogen and oxygen atoms in total. The fourth-order valence-corrected chi connectivity index (χ4v) is 1.63. The quantitative estimate of drug-likeness (QED) is 0.801. The summed E-state index contributed by atoms with van der Waals surface area (Å²) in [5, 5.41) is 8.69. The second-order valence-corrected chi connectivity index (χ2v) is 4.53. The zero-order chi connectivity index (χ0) is 14.3. The van der Waals surface area contributed by atoms with E-state index in [-0.39, 0.29) is 11.5 Å². The molecule has 0 aliphatic rings. The van der Waals surface area contributed by atoms with Gasteiger partial charge in [-0.05, 0) is 0 Å².